The third-order valence-corrected chi connectivity index (χ3v) is 5.94. The fourth-order valence-electron chi connectivity index (χ4n) is 1.61. The van der Waals surface area contributed by atoms with E-state index in [1.54, 1.807) is 23.6 Å². The highest BCUT2D eigenvalue weighted by molar-refractivity contribution is 9.10. The summed E-state index contributed by atoms with van der Waals surface area (Å²) in [5, 5.41) is 4.34. The molecule has 21 heavy (non-hydrogen) atoms. The second-order valence-corrected chi connectivity index (χ2v) is 8.12. The van der Waals surface area contributed by atoms with Crippen LogP contribution in [0.4, 0.5) is 5.69 Å². The van der Waals surface area contributed by atoms with Crippen LogP contribution in [0, 0.1) is 6.92 Å². The molecule has 2 N–H and O–H groups in total. The Kier molecular flexibility index (Phi) is 5.15. The first-order valence-electron chi connectivity index (χ1n) is 5.97. The van der Waals surface area contributed by atoms with Gasteiger partial charge < -0.3 is 5.32 Å². The van der Waals surface area contributed by atoms with Crippen molar-refractivity contribution >= 4 is 48.9 Å². The number of aryl methyl sites for hydroxylation is 1. The number of carbonyl (C=O) groups is 1. The van der Waals surface area contributed by atoms with Crippen molar-refractivity contribution in [3.8, 4) is 0 Å². The van der Waals surface area contributed by atoms with Gasteiger partial charge in [0.15, 0.2) is 0 Å². The molecular formula is C13H13BrN2O3S2. The molecule has 1 amide bonds. The van der Waals surface area contributed by atoms with Gasteiger partial charge in [0.05, 0.1) is 6.54 Å². The fourth-order valence-corrected chi connectivity index (χ4v) is 4.11. The quantitative estimate of drug-likeness (QED) is 0.826. The third-order valence-electron chi connectivity index (χ3n) is 2.65. The summed E-state index contributed by atoms with van der Waals surface area (Å²) in [7, 11) is -3.62. The lowest BCUT2D eigenvalue weighted by atomic mass is 10.2. The maximum absolute atomic E-state index is 11.9. The van der Waals surface area contributed by atoms with Gasteiger partial charge in [0, 0.05) is 10.2 Å². The Morgan fingerprint density at radius 3 is 2.71 bits per heavy atom. The van der Waals surface area contributed by atoms with Crippen LogP contribution in [0.15, 0.2) is 44.4 Å². The predicted molar refractivity (Wildman–Crippen MR) is 87.0 cm³/mol. The van der Waals surface area contributed by atoms with Crippen molar-refractivity contribution in [1.82, 2.24) is 4.72 Å². The number of rotatable bonds is 5. The number of anilines is 1. The standard InChI is InChI=1S/C13H13BrN2O3S2/c1-9-7-10(14)4-5-11(9)16-12(17)8-15-21(18,19)13-3-2-6-20-13/h2-7,15H,8H2,1H3,(H,16,17). The third kappa shape index (κ3) is 4.37. The van der Waals surface area contributed by atoms with Crippen molar-refractivity contribution in [3.05, 3.63) is 45.7 Å². The average molecular weight is 389 g/mol. The number of benzene rings is 1. The number of hydrogen-bond donors (Lipinski definition) is 2. The molecule has 0 radical (unpaired) electrons. The van der Waals surface area contributed by atoms with E-state index < -0.39 is 15.9 Å². The number of thiophene rings is 1. The molecule has 2 aromatic rings. The van der Waals surface area contributed by atoms with E-state index in [1.165, 1.54) is 6.07 Å². The van der Waals surface area contributed by atoms with Gasteiger partial charge in [-0.15, -0.1) is 11.3 Å². The van der Waals surface area contributed by atoms with Crippen LogP contribution in [-0.2, 0) is 14.8 Å². The SMILES string of the molecule is Cc1cc(Br)ccc1NC(=O)CNS(=O)(=O)c1cccs1. The van der Waals surface area contributed by atoms with Crippen molar-refractivity contribution in [2.45, 2.75) is 11.1 Å². The molecule has 2 rings (SSSR count). The molecule has 0 bridgehead atoms. The van der Waals surface area contributed by atoms with Crippen molar-refractivity contribution < 1.29 is 13.2 Å². The monoisotopic (exact) mass is 388 g/mol. The predicted octanol–water partition coefficient (Wildman–Crippen LogP) is 2.74. The summed E-state index contributed by atoms with van der Waals surface area (Å²) in [6, 6.07) is 8.56. The molecule has 5 nitrogen and oxygen atoms in total. The normalized spacial score (nSPS) is 11.3. The summed E-state index contributed by atoms with van der Waals surface area (Å²) in [5.41, 5.74) is 1.54. The maximum Gasteiger partial charge on any atom is 0.250 e. The molecule has 1 aromatic carbocycles. The summed E-state index contributed by atoms with van der Waals surface area (Å²) >= 11 is 4.44. The molecule has 0 spiro atoms. The molecule has 0 atom stereocenters. The second-order valence-electron chi connectivity index (χ2n) is 4.26. The van der Waals surface area contributed by atoms with Crippen molar-refractivity contribution in [3.63, 3.8) is 0 Å². The molecular weight excluding hydrogens is 376 g/mol. The molecule has 112 valence electrons. The Bertz CT molecular complexity index is 743. The largest absolute Gasteiger partial charge is 0.325 e. The van der Waals surface area contributed by atoms with Crippen LogP contribution in [0.25, 0.3) is 0 Å². The highest BCUT2D eigenvalue weighted by Crippen LogP contribution is 2.20. The van der Waals surface area contributed by atoms with Crippen LogP contribution in [-0.4, -0.2) is 20.9 Å². The van der Waals surface area contributed by atoms with E-state index in [9.17, 15) is 13.2 Å². The minimum atomic E-state index is -3.62. The van der Waals surface area contributed by atoms with Crippen molar-refractivity contribution in [2.24, 2.45) is 0 Å². The number of hydrogen-bond acceptors (Lipinski definition) is 4. The van der Waals surface area contributed by atoms with Gasteiger partial charge in [0.25, 0.3) is 10.0 Å². The average Bonchev–Trinajstić information content (AvgIpc) is 2.95. The van der Waals surface area contributed by atoms with E-state index >= 15 is 0 Å². The number of sulfonamides is 1. The molecule has 1 aromatic heterocycles. The van der Waals surface area contributed by atoms with Gasteiger partial charge in [0.1, 0.15) is 4.21 Å². The summed E-state index contributed by atoms with van der Waals surface area (Å²) in [6.07, 6.45) is 0. The Morgan fingerprint density at radius 1 is 1.33 bits per heavy atom. The number of amides is 1. The smallest absolute Gasteiger partial charge is 0.250 e. The van der Waals surface area contributed by atoms with Crippen LogP contribution in [0.1, 0.15) is 5.56 Å². The van der Waals surface area contributed by atoms with Gasteiger partial charge in [-0.2, -0.15) is 0 Å². The molecule has 0 unspecified atom stereocenters. The summed E-state index contributed by atoms with van der Waals surface area (Å²) in [4.78, 5) is 11.8. The Hall–Kier alpha value is -1.22. The lowest BCUT2D eigenvalue weighted by molar-refractivity contribution is -0.115. The number of halogens is 1. The van der Waals surface area contributed by atoms with E-state index in [4.69, 9.17) is 0 Å². The van der Waals surface area contributed by atoms with Crippen LogP contribution in [0.2, 0.25) is 0 Å². The highest BCUT2D eigenvalue weighted by atomic mass is 79.9. The zero-order valence-corrected chi connectivity index (χ0v) is 14.3. The summed E-state index contributed by atoms with van der Waals surface area (Å²) in [6.45, 7) is 1.55. The van der Waals surface area contributed by atoms with Gasteiger partial charge in [-0.05, 0) is 42.1 Å². The van der Waals surface area contributed by atoms with Crippen LogP contribution >= 0.6 is 27.3 Å². The molecule has 0 aliphatic carbocycles. The van der Waals surface area contributed by atoms with Gasteiger partial charge in [-0.1, -0.05) is 22.0 Å². The number of carbonyl (C=O) groups excluding carboxylic acids is 1. The van der Waals surface area contributed by atoms with E-state index in [1.807, 2.05) is 13.0 Å². The lowest BCUT2D eigenvalue weighted by Crippen LogP contribution is -2.32. The highest BCUT2D eigenvalue weighted by Gasteiger charge is 2.16. The zero-order chi connectivity index (χ0) is 15.5. The van der Waals surface area contributed by atoms with Crippen molar-refractivity contribution in [1.29, 1.82) is 0 Å². The molecule has 8 heteroatoms. The van der Waals surface area contributed by atoms with Crippen LogP contribution in [0.3, 0.4) is 0 Å². The minimum absolute atomic E-state index is 0.190. The maximum atomic E-state index is 11.9. The van der Waals surface area contributed by atoms with E-state index in [2.05, 4.69) is 26.0 Å². The first-order chi connectivity index (χ1) is 9.88. The van der Waals surface area contributed by atoms with Crippen LogP contribution < -0.4 is 10.0 Å². The first kappa shape index (κ1) is 16.2. The summed E-state index contributed by atoms with van der Waals surface area (Å²) in [5.74, 6) is -0.416. The lowest BCUT2D eigenvalue weighted by Gasteiger charge is -2.09. The first-order valence-corrected chi connectivity index (χ1v) is 9.13. The van der Waals surface area contributed by atoms with Gasteiger partial charge in [0.2, 0.25) is 5.91 Å². The van der Waals surface area contributed by atoms with Gasteiger partial charge in [-0.25, -0.2) is 13.1 Å². The van der Waals surface area contributed by atoms with E-state index in [-0.39, 0.29) is 10.8 Å². The van der Waals surface area contributed by atoms with Crippen LogP contribution in [0.5, 0.6) is 0 Å². The Morgan fingerprint density at radius 2 is 2.10 bits per heavy atom. The van der Waals surface area contributed by atoms with E-state index in [0.717, 1.165) is 21.4 Å². The molecule has 0 aliphatic heterocycles. The Balaban J connectivity index is 1.97. The Labute approximate surface area is 135 Å². The second kappa shape index (κ2) is 6.69. The number of nitrogens with one attached hydrogen (secondary N) is 2. The molecule has 0 aliphatic rings. The summed E-state index contributed by atoms with van der Waals surface area (Å²) < 4.78 is 27.1. The zero-order valence-electron chi connectivity index (χ0n) is 11.1. The molecule has 0 saturated heterocycles. The topological polar surface area (TPSA) is 75.3 Å². The van der Waals surface area contributed by atoms with Gasteiger partial charge >= 0.3 is 0 Å². The van der Waals surface area contributed by atoms with Crippen molar-refractivity contribution in [2.75, 3.05) is 11.9 Å². The molecule has 0 fully saturated rings. The molecule has 0 saturated carbocycles. The van der Waals surface area contributed by atoms with E-state index in [0.29, 0.717) is 5.69 Å². The molecule has 1 heterocycles. The van der Waals surface area contributed by atoms with Gasteiger partial charge in [-0.3, -0.25) is 4.79 Å². The minimum Gasteiger partial charge on any atom is -0.325 e. The fraction of sp³-hybridized carbons (Fsp3) is 0.154.